The van der Waals surface area contributed by atoms with Crippen LogP contribution < -0.4 is 0 Å². The third kappa shape index (κ3) is 10.7. The second-order valence-electron chi connectivity index (χ2n) is 3.02. The van der Waals surface area contributed by atoms with Crippen LogP contribution in [0.2, 0.25) is 0 Å². The van der Waals surface area contributed by atoms with Gasteiger partial charge in [-0.1, -0.05) is 24.3 Å². The van der Waals surface area contributed by atoms with Crippen LogP contribution in [0.3, 0.4) is 0 Å². The van der Waals surface area contributed by atoms with Crippen molar-refractivity contribution in [3.63, 3.8) is 0 Å². The molecular weight excluding hydrogens is 352 g/mol. The van der Waals surface area contributed by atoms with Gasteiger partial charge < -0.3 is 0 Å². The van der Waals surface area contributed by atoms with Gasteiger partial charge in [0, 0.05) is 20.4 Å². The zero-order valence-electron chi connectivity index (χ0n) is 8.76. The Balaban J connectivity index is 0. The van der Waals surface area contributed by atoms with Crippen molar-refractivity contribution in [1.82, 2.24) is 0 Å². The maximum Gasteiger partial charge on any atom is 0.522 e. The second-order valence-corrected chi connectivity index (χ2v) is 4.43. The van der Waals surface area contributed by atoms with Crippen LogP contribution in [0.5, 0.6) is 0 Å². The van der Waals surface area contributed by atoms with E-state index in [1.165, 1.54) is 25.7 Å². The van der Waals surface area contributed by atoms with Gasteiger partial charge in [-0.3, -0.25) is 4.55 Å². The van der Waals surface area contributed by atoms with Crippen molar-refractivity contribution in [2.45, 2.75) is 31.2 Å². The topological polar surface area (TPSA) is 54.4 Å². The van der Waals surface area contributed by atoms with E-state index in [1.807, 2.05) is 0 Å². The molecule has 1 N–H and O–H groups in total. The zero-order valence-corrected chi connectivity index (χ0v) is 11.1. The van der Waals surface area contributed by atoms with Gasteiger partial charge in [0.05, 0.1) is 0 Å². The Hall–Kier alpha value is -0.158. The second kappa shape index (κ2) is 8.86. The molecule has 1 rings (SSSR count). The number of hydrogen-bond acceptors (Lipinski definition) is 2. The molecule has 0 unspecified atom stereocenters. The number of alkyl halides is 3. The van der Waals surface area contributed by atoms with Crippen LogP contribution in [0.4, 0.5) is 13.2 Å². The summed E-state index contributed by atoms with van der Waals surface area (Å²) in [7, 11) is -5.84. The van der Waals surface area contributed by atoms with E-state index in [0.29, 0.717) is 0 Å². The molecule has 0 radical (unpaired) electrons. The molecule has 0 spiro atoms. The van der Waals surface area contributed by atoms with Gasteiger partial charge >= 0.3 is 15.6 Å². The molecule has 1 aliphatic carbocycles. The van der Waals surface area contributed by atoms with Crippen molar-refractivity contribution in [2.75, 3.05) is 0 Å². The minimum Gasteiger partial charge on any atom is -0.279 e. The SMILES string of the molecule is C1=CCC/C=C\CC1.O=S(=O)(O)C(F)(F)F.[Pd]. The fourth-order valence-corrected chi connectivity index (χ4v) is 0.856. The van der Waals surface area contributed by atoms with Crippen LogP contribution >= 0.6 is 0 Å². The molecule has 0 aromatic rings. The van der Waals surface area contributed by atoms with Crippen molar-refractivity contribution in [2.24, 2.45) is 0 Å². The fourth-order valence-electron chi connectivity index (χ4n) is 0.856. The standard InChI is InChI=1S/C8H12.CHF3O3S.Pd/c1-2-4-6-8-7-5-3-1;2-1(3,4)8(5,6)7;/h1-2,7-8H,3-6H2;(H,5,6,7);/b2-1-,8-7?;;. The van der Waals surface area contributed by atoms with Gasteiger partial charge in [-0.2, -0.15) is 21.6 Å². The summed E-state index contributed by atoms with van der Waals surface area (Å²) in [6, 6.07) is 0. The molecule has 104 valence electrons. The summed E-state index contributed by atoms with van der Waals surface area (Å²) in [5.41, 5.74) is -5.53. The van der Waals surface area contributed by atoms with Crippen LogP contribution in [-0.2, 0) is 30.5 Å². The fraction of sp³-hybridized carbons (Fsp3) is 0.556. The Morgan fingerprint density at radius 2 is 1.06 bits per heavy atom. The molecule has 0 fully saturated rings. The molecule has 17 heavy (non-hydrogen) atoms. The van der Waals surface area contributed by atoms with E-state index in [-0.39, 0.29) is 20.4 Å². The molecule has 0 saturated carbocycles. The minimum absolute atomic E-state index is 0. The van der Waals surface area contributed by atoms with Crippen molar-refractivity contribution in [3.8, 4) is 0 Å². The Morgan fingerprint density at radius 3 is 1.18 bits per heavy atom. The molecule has 0 bridgehead atoms. The summed E-state index contributed by atoms with van der Waals surface area (Å²) in [6.45, 7) is 0. The maximum atomic E-state index is 10.7. The molecule has 8 heteroatoms. The van der Waals surface area contributed by atoms with Gasteiger partial charge in [0.2, 0.25) is 0 Å². The van der Waals surface area contributed by atoms with Crippen LogP contribution in [0.25, 0.3) is 0 Å². The third-order valence-corrected chi connectivity index (χ3v) is 2.21. The number of rotatable bonds is 0. The molecule has 1 aliphatic rings. The Bertz CT molecular complexity index is 321. The summed E-state index contributed by atoms with van der Waals surface area (Å²) >= 11 is 0. The molecule has 0 aliphatic heterocycles. The normalized spacial score (nSPS) is 17.9. The quantitative estimate of drug-likeness (QED) is 0.311. The first-order valence-electron chi connectivity index (χ1n) is 4.59. The van der Waals surface area contributed by atoms with E-state index >= 15 is 0 Å². The predicted octanol–water partition coefficient (Wildman–Crippen LogP) is 3.06. The first kappa shape index (κ1) is 19.2. The van der Waals surface area contributed by atoms with Gasteiger partial charge in [-0.15, -0.1) is 0 Å². The molecule has 0 aromatic heterocycles. The minimum atomic E-state index is -5.84. The molecular formula is C9H13F3O3PdS. The van der Waals surface area contributed by atoms with Crippen molar-refractivity contribution >= 4 is 10.1 Å². The van der Waals surface area contributed by atoms with Gasteiger partial charge in [0.15, 0.2) is 0 Å². The van der Waals surface area contributed by atoms with Gasteiger partial charge in [-0.25, -0.2) is 0 Å². The van der Waals surface area contributed by atoms with Crippen LogP contribution in [-0.4, -0.2) is 18.5 Å². The Kier molecular flexibility index (Phi) is 10.0. The van der Waals surface area contributed by atoms with Crippen LogP contribution in [0, 0.1) is 0 Å². The summed E-state index contributed by atoms with van der Waals surface area (Å²) in [5, 5.41) is 0. The summed E-state index contributed by atoms with van der Waals surface area (Å²) in [5.74, 6) is 0. The summed E-state index contributed by atoms with van der Waals surface area (Å²) < 4.78 is 57.5. The molecule has 0 saturated heterocycles. The Morgan fingerprint density at radius 1 is 0.882 bits per heavy atom. The number of hydrogen-bond donors (Lipinski definition) is 1. The van der Waals surface area contributed by atoms with E-state index in [2.05, 4.69) is 24.3 Å². The average molecular weight is 365 g/mol. The zero-order chi connectivity index (χ0) is 12.7. The van der Waals surface area contributed by atoms with E-state index in [9.17, 15) is 13.2 Å². The van der Waals surface area contributed by atoms with E-state index in [1.54, 1.807) is 0 Å². The Labute approximate surface area is 112 Å². The average Bonchev–Trinajstić information content (AvgIpc) is 1.98. The van der Waals surface area contributed by atoms with Gasteiger partial charge in [0.25, 0.3) is 0 Å². The molecule has 0 amide bonds. The first-order chi connectivity index (χ1) is 7.25. The summed E-state index contributed by atoms with van der Waals surface area (Å²) in [6.07, 6.45) is 14.0. The molecule has 0 atom stereocenters. The van der Waals surface area contributed by atoms with E-state index < -0.39 is 15.6 Å². The predicted molar refractivity (Wildman–Crippen MR) is 54.4 cm³/mol. The van der Waals surface area contributed by atoms with Crippen LogP contribution in [0.15, 0.2) is 24.3 Å². The van der Waals surface area contributed by atoms with E-state index in [4.69, 9.17) is 13.0 Å². The van der Waals surface area contributed by atoms with Crippen molar-refractivity contribution in [1.29, 1.82) is 0 Å². The largest absolute Gasteiger partial charge is 0.522 e. The van der Waals surface area contributed by atoms with Crippen LogP contribution in [0.1, 0.15) is 25.7 Å². The maximum absolute atomic E-state index is 10.7. The smallest absolute Gasteiger partial charge is 0.279 e. The molecule has 0 heterocycles. The molecule has 0 aromatic carbocycles. The molecule has 3 nitrogen and oxygen atoms in total. The summed E-state index contributed by atoms with van der Waals surface area (Å²) in [4.78, 5) is 0. The van der Waals surface area contributed by atoms with Crippen molar-refractivity contribution in [3.05, 3.63) is 24.3 Å². The van der Waals surface area contributed by atoms with E-state index in [0.717, 1.165) is 0 Å². The number of allylic oxidation sites excluding steroid dienone is 4. The monoisotopic (exact) mass is 364 g/mol. The third-order valence-electron chi connectivity index (χ3n) is 1.63. The number of halogens is 3. The van der Waals surface area contributed by atoms with Crippen molar-refractivity contribution < 1.29 is 46.6 Å². The first-order valence-corrected chi connectivity index (χ1v) is 6.03. The van der Waals surface area contributed by atoms with Gasteiger partial charge in [-0.05, 0) is 25.7 Å². The van der Waals surface area contributed by atoms with Gasteiger partial charge in [0.1, 0.15) is 0 Å².